The maximum atomic E-state index is 12.6. The molecule has 27 heavy (non-hydrogen) atoms. The van der Waals surface area contributed by atoms with E-state index in [1.807, 2.05) is 32.0 Å². The molecule has 3 aromatic rings. The third-order valence-electron chi connectivity index (χ3n) is 5.02. The van der Waals surface area contributed by atoms with Crippen molar-refractivity contribution in [3.8, 4) is 0 Å². The van der Waals surface area contributed by atoms with Crippen molar-refractivity contribution >= 4 is 28.4 Å². The predicted molar refractivity (Wildman–Crippen MR) is 107 cm³/mol. The fraction of sp³-hybridized carbons (Fsp3) is 0.333. The Morgan fingerprint density at radius 1 is 0.963 bits per heavy atom. The minimum Gasteiger partial charge on any atom is -0.357 e. The van der Waals surface area contributed by atoms with Gasteiger partial charge in [0.25, 0.3) is 5.91 Å². The van der Waals surface area contributed by atoms with Crippen LogP contribution in [-0.2, 0) is 0 Å². The van der Waals surface area contributed by atoms with E-state index in [1.54, 1.807) is 18.3 Å². The molecule has 1 aromatic carbocycles. The number of carbonyl (C=O) groups excluding carboxylic acids is 1. The van der Waals surface area contributed by atoms with E-state index in [0.29, 0.717) is 11.3 Å². The van der Waals surface area contributed by atoms with Crippen molar-refractivity contribution in [2.75, 3.05) is 23.3 Å². The molecule has 3 heterocycles. The summed E-state index contributed by atoms with van der Waals surface area (Å²) in [7, 11) is 0. The molecule has 1 N–H and O–H groups in total. The second-order valence-electron chi connectivity index (χ2n) is 7.00. The zero-order valence-corrected chi connectivity index (χ0v) is 15.7. The predicted octanol–water partition coefficient (Wildman–Crippen LogP) is 3.88. The highest BCUT2D eigenvalue weighted by molar-refractivity contribution is 6.05. The average Bonchev–Trinajstić information content (AvgIpc) is 2.70. The second-order valence-corrected chi connectivity index (χ2v) is 7.00. The largest absolute Gasteiger partial charge is 0.357 e. The Bertz CT molecular complexity index is 978. The molecule has 1 aliphatic rings. The van der Waals surface area contributed by atoms with Crippen molar-refractivity contribution in [3.05, 3.63) is 53.5 Å². The molecule has 1 amide bonds. The Labute approximate surface area is 158 Å². The first-order valence-corrected chi connectivity index (χ1v) is 9.37. The van der Waals surface area contributed by atoms with E-state index >= 15 is 0 Å². The average molecular weight is 361 g/mol. The van der Waals surface area contributed by atoms with E-state index in [4.69, 9.17) is 0 Å². The van der Waals surface area contributed by atoms with Crippen molar-refractivity contribution in [2.45, 2.75) is 33.1 Å². The van der Waals surface area contributed by atoms with Gasteiger partial charge in [0.05, 0.1) is 34.3 Å². The standard InChI is InChI=1S/C21H23N5O/c1-14-15(2)24-19-12-16(6-8-18(19)23-14)21(27)25-17-7-9-20(22-13-17)26-10-4-3-5-11-26/h6-9,12-13H,3-5,10-11H2,1-2H3,(H,25,27). The first kappa shape index (κ1) is 17.4. The van der Waals surface area contributed by atoms with Gasteiger partial charge in [-0.15, -0.1) is 0 Å². The molecule has 0 aliphatic carbocycles. The summed E-state index contributed by atoms with van der Waals surface area (Å²) in [6, 6.07) is 9.26. The van der Waals surface area contributed by atoms with E-state index in [2.05, 4.69) is 25.2 Å². The number of aryl methyl sites for hydroxylation is 2. The first-order chi connectivity index (χ1) is 13.1. The summed E-state index contributed by atoms with van der Waals surface area (Å²) in [4.78, 5) is 28.4. The summed E-state index contributed by atoms with van der Waals surface area (Å²) in [6.45, 7) is 5.96. The van der Waals surface area contributed by atoms with E-state index in [1.165, 1.54) is 19.3 Å². The quantitative estimate of drug-likeness (QED) is 0.766. The number of anilines is 2. The van der Waals surface area contributed by atoms with Gasteiger partial charge >= 0.3 is 0 Å². The van der Waals surface area contributed by atoms with E-state index < -0.39 is 0 Å². The Hall–Kier alpha value is -3.02. The van der Waals surface area contributed by atoms with E-state index in [9.17, 15) is 4.79 Å². The Morgan fingerprint density at radius 2 is 1.70 bits per heavy atom. The van der Waals surface area contributed by atoms with Gasteiger partial charge in [-0.05, 0) is 63.4 Å². The molecule has 0 saturated carbocycles. The van der Waals surface area contributed by atoms with Crippen LogP contribution < -0.4 is 10.2 Å². The molecule has 1 saturated heterocycles. The Kier molecular flexibility index (Phi) is 4.71. The lowest BCUT2D eigenvalue weighted by Gasteiger charge is -2.27. The smallest absolute Gasteiger partial charge is 0.255 e. The zero-order valence-electron chi connectivity index (χ0n) is 15.7. The van der Waals surface area contributed by atoms with E-state index in [-0.39, 0.29) is 5.91 Å². The molecule has 0 radical (unpaired) electrons. The number of benzene rings is 1. The van der Waals surface area contributed by atoms with Crippen LogP contribution >= 0.6 is 0 Å². The Morgan fingerprint density at radius 3 is 2.41 bits per heavy atom. The molecule has 2 aromatic heterocycles. The summed E-state index contributed by atoms with van der Waals surface area (Å²) in [5.41, 5.74) is 4.54. The number of piperidine rings is 1. The lowest BCUT2D eigenvalue weighted by Crippen LogP contribution is -2.30. The number of hydrogen-bond donors (Lipinski definition) is 1. The number of hydrogen-bond acceptors (Lipinski definition) is 5. The third kappa shape index (κ3) is 3.74. The highest BCUT2D eigenvalue weighted by Crippen LogP contribution is 2.20. The number of fused-ring (bicyclic) bond motifs is 1. The second kappa shape index (κ2) is 7.31. The molecule has 6 heteroatoms. The van der Waals surface area contributed by atoms with Gasteiger partial charge in [-0.1, -0.05) is 0 Å². The number of pyridine rings is 1. The van der Waals surface area contributed by atoms with Crippen molar-refractivity contribution in [2.24, 2.45) is 0 Å². The molecule has 0 atom stereocenters. The summed E-state index contributed by atoms with van der Waals surface area (Å²) in [5, 5.41) is 2.91. The molecule has 0 spiro atoms. The van der Waals surface area contributed by atoms with E-state index in [0.717, 1.165) is 41.3 Å². The van der Waals surface area contributed by atoms with Crippen LogP contribution in [0.25, 0.3) is 11.0 Å². The number of aromatic nitrogens is 3. The summed E-state index contributed by atoms with van der Waals surface area (Å²) >= 11 is 0. The molecule has 0 bridgehead atoms. The Balaban J connectivity index is 1.50. The van der Waals surface area contributed by atoms with Crippen molar-refractivity contribution in [1.29, 1.82) is 0 Å². The van der Waals surface area contributed by atoms with Gasteiger partial charge < -0.3 is 10.2 Å². The van der Waals surface area contributed by atoms with Crippen molar-refractivity contribution < 1.29 is 4.79 Å². The molecule has 4 rings (SSSR count). The summed E-state index contributed by atoms with van der Waals surface area (Å²) in [6.07, 6.45) is 5.43. The monoisotopic (exact) mass is 361 g/mol. The number of rotatable bonds is 3. The summed E-state index contributed by atoms with van der Waals surface area (Å²) < 4.78 is 0. The maximum absolute atomic E-state index is 12.6. The normalized spacial score (nSPS) is 14.4. The molecular weight excluding hydrogens is 338 g/mol. The number of nitrogens with zero attached hydrogens (tertiary/aromatic N) is 4. The fourth-order valence-corrected chi connectivity index (χ4v) is 3.35. The SMILES string of the molecule is Cc1nc2ccc(C(=O)Nc3ccc(N4CCCCC4)nc3)cc2nc1C. The maximum Gasteiger partial charge on any atom is 0.255 e. The molecule has 6 nitrogen and oxygen atoms in total. The topological polar surface area (TPSA) is 71.0 Å². The number of carbonyl (C=O) groups is 1. The van der Waals surface area contributed by atoms with Crippen LogP contribution in [-0.4, -0.2) is 33.9 Å². The lowest BCUT2D eigenvalue weighted by molar-refractivity contribution is 0.102. The van der Waals surface area contributed by atoms with Crippen LogP contribution in [0.2, 0.25) is 0 Å². The van der Waals surface area contributed by atoms with Crippen molar-refractivity contribution in [1.82, 2.24) is 15.0 Å². The van der Waals surface area contributed by atoms with Gasteiger partial charge in [0.2, 0.25) is 0 Å². The molecule has 0 unspecified atom stereocenters. The molecule has 1 aliphatic heterocycles. The molecular formula is C21H23N5O. The zero-order chi connectivity index (χ0) is 18.8. The van der Waals surface area contributed by atoms with Gasteiger partial charge in [0.15, 0.2) is 0 Å². The minimum absolute atomic E-state index is 0.176. The van der Waals surface area contributed by atoms with Crippen LogP contribution in [0.5, 0.6) is 0 Å². The highest BCUT2D eigenvalue weighted by Gasteiger charge is 2.13. The summed E-state index contributed by atoms with van der Waals surface area (Å²) in [5.74, 6) is 0.795. The van der Waals surface area contributed by atoms with Crippen LogP contribution in [0.1, 0.15) is 41.0 Å². The number of amides is 1. The van der Waals surface area contributed by atoms with Crippen LogP contribution in [0.15, 0.2) is 36.5 Å². The van der Waals surface area contributed by atoms with Gasteiger partial charge in [0.1, 0.15) is 5.82 Å². The molecule has 1 fully saturated rings. The van der Waals surface area contributed by atoms with Crippen LogP contribution in [0, 0.1) is 13.8 Å². The fourth-order valence-electron chi connectivity index (χ4n) is 3.35. The van der Waals surface area contributed by atoms with Gasteiger partial charge in [-0.3, -0.25) is 4.79 Å². The van der Waals surface area contributed by atoms with Crippen LogP contribution in [0.4, 0.5) is 11.5 Å². The minimum atomic E-state index is -0.176. The van der Waals surface area contributed by atoms with Crippen molar-refractivity contribution in [3.63, 3.8) is 0 Å². The van der Waals surface area contributed by atoms with Gasteiger partial charge in [0, 0.05) is 18.7 Å². The van der Waals surface area contributed by atoms with Gasteiger partial charge in [-0.2, -0.15) is 0 Å². The van der Waals surface area contributed by atoms with Gasteiger partial charge in [-0.25, -0.2) is 15.0 Å². The molecule has 138 valence electrons. The number of nitrogens with one attached hydrogen (secondary N) is 1. The first-order valence-electron chi connectivity index (χ1n) is 9.37. The lowest BCUT2D eigenvalue weighted by atomic mass is 10.1. The van der Waals surface area contributed by atoms with Crippen LogP contribution in [0.3, 0.4) is 0 Å². The highest BCUT2D eigenvalue weighted by atomic mass is 16.1. The third-order valence-corrected chi connectivity index (χ3v) is 5.02.